The summed E-state index contributed by atoms with van der Waals surface area (Å²) >= 11 is 0. The second kappa shape index (κ2) is 5.27. The molecule has 2 N–H and O–H groups in total. The Balaban J connectivity index is 2.48. The fourth-order valence-corrected chi connectivity index (χ4v) is 2.18. The maximum absolute atomic E-state index is 12.8. The summed E-state index contributed by atoms with van der Waals surface area (Å²) in [5.41, 5.74) is 7.51. The number of hydrogen-bond acceptors (Lipinski definition) is 3. The zero-order chi connectivity index (χ0) is 15.8. The minimum Gasteiger partial charge on any atom is -0.384 e. The predicted molar refractivity (Wildman–Crippen MR) is 77.6 cm³/mol. The van der Waals surface area contributed by atoms with Gasteiger partial charge < -0.3 is 10.6 Å². The van der Waals surface area contributed by atoms with Crippen LogP contribution in [0.2, 0.25) is 0 Å². The molecule has 2 aromatic rings. The van der Waals surface area contributed by atoms with Crippen molar-refractivity contribution < 1.29 is 13.2 Å². The lowest BCUT2D eigenvalue weighted by Crippen LogP contribution is -2.15. The molecule has 112 valence electrons. The van der Waals surface area contributed by atoms with E-state index >= 15 is 0 Å². The summed E-state index contributed by atoms with van der Waals surface area (Å²) in [6, 6.07) is 7.54. The van der Waals surface area contributed by atoms with Gasteiger partial charge >= 0.3 is 6.18 Å². The molecular weight excluding hydrogens is 279 g/mol. The molecule has 0 spiro atoms. The molecule has 0 saturated carbocycles. The van der Waals surface area contributed by atoms with Crippen molar-refractivity contribution in [3.63, 3.8) is 0 Å². The molecule has 0 bridgehead atoms. The molecule has 0 amide bonds. The van der Waals surface area contributed by atoms with Crippen LogP contribution in [-0.2, 0) is 6.18 Å². The number of halogens is 3. The quantitative estimate of drug-likeness (QED) is 0.908. The number of nitrogens with two attached hydrogens (primary N) is 1. The van der Waals surface area contributed by atoms with Crippen LogP contribution in [0.1, 0.15) is 16.7 Å². The number of pyridine rings is 1. The standard InChI is InChI=1S/C15H16F3N3/c1-9-4-5-12(10(2)6-9)21(3)14-8-11(15(16,17)18)7-13(19)20-14/h4-8H,1-3H3,(H2,19,20). The minimum absolute atomic E-state index is 0.156. The van der Waals surface area contributed by atoms with Crippen molar-refractivity contribution in [1.29, 1.82) is 0 Å². The second-order valence-corrected chi connectivity index (χ2v) is 4.99. The number of nitrogens with zero attached hydrogens (tertiary/aromatic N) is 2. The molecule has 1 heterocycles. The first-order valence-corrected chi connectivity index (χ1v) is 6.34. The first-order valence-electron chi connectivity index (χ1n) is 6.34. The average molecular weight is 295 g/mol. The molecule has 0 unspecified atom stereocenters. The molecule has 2 rings (SSSR count). The summed E-state index contributed by atoms with van der Waals surface area (Å²) in [5, 5.41) is 0. The Hall–Kier alpha value is -2.24. The van der Waals surface area contributed by atoms with Gasteiger partial charge in [-0.2, -0.15) is 13.2 Å². The van der Waals surface area contributed by atoms with Crippen molar-refractivity contribution in [2.75, 3.05) is 17.7 Å². The van der Waals surface area contributed by atoms with Gasteiger partial charge in [-0.25, -0.2) is 4.98 Å². The van der Waals surface area contributed by atoms with E-state index in [9.17, 15) is 13.2 Å². The highest BCUT2D eigenvalue weighted by atomic mass is 19.4. The number of hydrogen-bond donors (Lipinski definition) is 1. The molecular formula is C15H16F3N3. The van der Waals surface area contributed by atoms with Crippen LogP contribution < -0.4 is 10.6 Å². The Morgan fingerprint density at radius 3 is 2.33 bits per heavy atom. The monoisotopic (exact) mass is 295 g/mol. The Kier molecular flexibility index (Phi) is 3.80. The summed E-state index contributed by atoms with van der Waals surface area (Å²) in [5.74, 6) is 0.00529. The average Bonchev–Trinajstić information content (AvgIpc) is 2.36. The topological polar surface area (TPSA) is 42.1 Å². The molecule has 21 heavy (non-hydrogen) atoms. The lowest BCUT2D eigenvalue weighted by atomic mass is 10.1. The molecule has 0 aliphatic carbocycles. The van der Waals surface area contributed by atoms with Crippen molar-refractivity contribution in [3.8, 4) is 0 Å². The Bertz CT molecular complexity index is 666. The highest BCUT2D eigenvalue weighted by molar-refractivity contribution is 5.65. The first kappa shape index (κ1) is 15.2. The van der Waals surface area contributed by atoms with E-state index in [4.69, 9.17) is 5.73 Å². The number of nitrogen functional groups attached to an aromatic ring is 1. The third-order valence-electron chi connectivity index (χ3n) is 3.22. The summed E-state index contributed by atoms with van der Waals surface area (Å²) in [4.78, 5) is 5.59. The van der Waals surface area contributed by atoms with Gasteiger partial charge in [0.25, 0.3) is 0 Å². The number of alkyl halides is 3. The maximum atomic E-state index is 12.8. The molecule has 0 aliphatic rings. The van der Waals surface area contributed by atoms with Crippen LogP contribution in [0.3, 0.4) is 0 Å². The largest absolute Gasteiger partial charge is 0.416 e. The van der Waals surface area contributed by atoms with E-state index in [1.807, 2.05) is 32.0 Å². The van der Waals surface area contributed by atoms with Crippen molar-refractivity contribution in [2.24, 2.45) is 0 Å². The van der Waals surface area contributed by atoms with Crippen LogP contribution in [0.25, 0.3) is 0 Å². The zero-order valence-electron chi connectivity index (χ0n) is 12.0. The van der Waals surface area contributed by atoms with Crippen LogP contribution in [0.4, 0.5) is 30.5 Å². The SMILES string of the molecule is Cc1ccc(N(C)c2cc(C(F)(F)F)cc(N)n2)c(C)c1. The van der Waals surface area contributed by atoms with Gasteiger partial charge in [0.2, 0.25) is 0 Å². The minimum atomic E-state index is -4.45. The number of aryl methyl sites for hydroxylation is 2. The second-order valence-electron chi connectivity index (χ2n) is 4.99. The van der Waals surface area contributed by atoms with Gasteiger partial charge in [-0.3, -0.25) is 0 Å². The van der Waals surface area contributed by atoms with Crippen LogP contribution in [0, 0.1) is 13.8 Å². The molecule has 6 heteroatoms. The van der Waals surface area contributed by atoms with E-state index < -0.39 is 11.7 Å². The molecule has 1 aromatic carbocycles. The van der Waals surface area contributed by atoms with Gasteiger partial charge in [0.15, 0.2) is 0 Å². The van der Waals surface area contributed by atoms with Gasteiger partial charge in [-0.15, -0.1) is 0 Å². The third-order valence-corrected chi connectivity index (χ3v) is 3.22. The van der Waals surface area contributed by atoms with E-state index in [2.05, 4.69) is 4.98 Å². The van der Waals surface area contributed by atoms with Crippen molar-refractivity contribution in [3.05, 3.63) is 47.0 Å². The lowest BCUT2D eigenvalue weighted by molar-refractivity contribution is -0.137. The fourth-order valence-electron chi connectivity index (χ4n) is 2.18. The Morgan fingerprint density at radius 1 is 1.10 bits per heavy atom. The van der Waals surface area contributed by atoms with E-state index in [0.717, 1.165) is 28.9 Å². The van der Waals surface area contributed by atoms with Crippen LogP contribution in [-0.4, -0.2) is 12.0 Å². The highest BCUT2D eigenvalue weighted by Crippen LogP contribution is 2.34. The van der Waals surface area contributed by atoms with Gasteiger partial charge in [-0.1, -0.05) is 17.7 Å². The summed E-state index contributed by atoms with van der Waals surface area (Å²) < 4.78 is 38.5. The Morgan fingerprint density at radius 2 is 1.76 bits per heavy atom. The third kappa shape index (κ3) is 3.26. The van der Waals surface area contributed by atoms with Gasteiger partial charge in [-0.05, 0) is 37.6 Å². The molecule has 0 radical (unpaired) electrons. The molecule has 0 aliphatic heterocycles. The zero-order valence-corrected chi connectivity index (χ0v) is 12.0. The molecule has 0 saturated heterocycles. The van der Waals surface area contributed by atoms with Gasteiger partial charge in [0, 0.05) is 12.7 Å². The lowest BCUT2D eigenvalue weighted by Gasteiger charge is -2.22. The van der Waals surface area contributed by atoms with E-state index in [1.54, 1.807) is 11.9 Å². The van der Waals surface area contributed by atoms with Crippen molar-refractivity contribution in [2.45, 2.75) is 20.0 Å². The highest BCUT2D eigenvalue weighted by Gasteiger charge is 2.32. The number of rotatable bonds is 2. The Labute approximate surface area is 121 Å². The number of anilines is 3. The summed E-state index contributed by atoms with van der Waals surface area (Å²) in [7, 11) is 1.67. The van der Waals surface area contributed by atoms with Crippen molar-refractivity contribution in [1.82, 2.24) is 4.98 Å². The van der Waals surface area contributed by atoms with E-state index in [1.165, 1.54) is 0 Å². The van der Waals surface area contributed by atoms with Crippen LogP contribution >= 0.6 is 0 Å². The number of aromatic nitrogens is 1. The normalized spacial score (nSPS) is 11.5. The molecule has 0 atom stereocenters. The molecule has 3 nitrogen and oxygen atoms in total. The van der Waals surface area contributed by atoms with E-state index in [-0.39, 0.29) is 11.6 Å². The molecule has 1 aromatic heterocycles. The van der Waals surface area contributed by atoms with E-state index in [0.29, 0.717) is 0 Å². The predicted octanol–water partition coefficient (Wildman–Crippen LogP) is 4.07. The van der Waals surface area contributed by atoms with Crippen LogP contribution in [0.5, 0.6) is 0 Å². The summed E-state index contributed by atoms with van der Waals surface area (Å²) in [6.07, 6.45) is -4.45. The van der Waals surface area contributed by atoms with Crippen LogP contribution in [0.15, 0.2) is 30.3 Å². The van der Waals surface area contributed by atoms with Gasteiger partial charge in [0.1, 0.15) is 11.6 Å². The van der Waals surface area contributed by atoms with Gasteiger partial charge in [0.05, 0.1) is 5.56 Å². The summed E-state index contributed by atoms with van der Waals surface area (Å²) in [6.45, 7) is 3.85. The van der Waals surface area contributed by atoms with Crippen molar-refractivity contribution >= 4 is 17.3 Å². The number of benzene rings is 1. The first-order chi connectivity index (χ1) is 9.68. The smallest absolute Gasteiger partial charge is 0.384 e. The maximum Gasteiger partial charge on any atom is 0.416 e. The molecule has 0 fully saturated rings. The fraction of sp³-hybridized carbons (Fsp3) is 0.267.